The summed E-state index contributed by atoms with van der Waals surface area (Å²) in [7, 11) is 2.13. The van der Waals surface area contributed by atoms with E-state index in [1.54, 1.807) is 6.20 Å². The van der Waals surface area contributed by atoms with Crippen molar-refractivity contribution in [1.29, 1.82) is 0 Å². The largest absolute Gasteiger partial charge is 0.373 e. The van der Waals surface area contributed by atoms with Crippen LogP contribution in [0.15, 0.2) is 48.7 Å². The summed E-state index contributed by atoms with van der Waals surface area (Å²) in [5.41, 5.74) is 5.13. The molecule has 3 N–H and O–H groups in total. The number of aryl methyl sites for hydroxylation is 1. The molecule has 1 amide bonds. The number of fused-ring (bicyclic) bond motifs is 1. The highest BCUT2D eigenvalue weighted by atomic mass is 16.3. The minimum absolute atomic E-state index is 0.285. The molecule has 164 valence electrons. The summed E-state index contributed by atoms with van der Waals surface area (Å²) in [5, 5.41) is 16.0. The van der Waals surface area contributed by atoms with Crippen LogP contribution in [0.5, 0.6) is 0 Å². The number of hydrogen-bond acceptors (Lipinski definition) is 5. The molecule has 2 aromatic carbocycles. The lowest BCUT2D eigenvalue weighted by molar-refractivity contribution is -0.119. The SMILES string of the molecule is Cc1ccc2c(c1)/C(=C/Nc1ccc(N(C)CCN3CCCCC3)cc1)C(=O)NC2O. The molecule has 31 heavy (non-hydrogen) atoms. The molecule has 4 rings (SSSR count). The zero-order chi connectivity index (χ0) is 21.8. The second-order valence-corrected chi connectivity index (χ2v) is 8.54. The van der Waals surface area contributed by atoms with Crippen LogP contribution in [0.25, 0.3) is 5.57 Å². The first-order chi connectivity index (χ1) is 15.0. The Kier molecular flexibility index (Phi) is 6.59. The number of carbonyl (C=O) groups excluding carboxylic acids is 1. The second-order valence-electron chi connectivity index (χ2n) is 8.54. The molecule has 2 aromatic rings. The monoisotopic (exact) mass is 420 g/mol. The Morgan fingerprint density at radius 1 is 1.16 bits per heavy atom. The van der Waals surface area contributed by atoms with Crippen molar-refractivity contribution in [1.82, 2.24) is 10.2 Å². The number of likely N-dealkylation sites (tertiary alicyclic amines) is 1. The van der Waals surface area contributed by atoms with Crippen LogP contribution in [0.1, 0.15) is 42.2 Å². The molecule has 1 fully saturated rings. The number of rotatable bonds is 6. The molecule has 1 unspecified atom stereocenters. The predicted molar refractivity (Wildman–Crippen MR) is 126 cm³/mol. The maximum Gasteiger partial charge on any atom is 0.255 e. The Balaban J connectivity index is 1.41. The predicted octanol–water partition coefficient (Wildman–Crippen LogP) is 3.49. The topological polar surface area (TPSA) is 67.8 Å². The molecule has 2 heterocycles. The fraction of sp³-hybridized carbons (Fsp3) is 0.400. The van der Waals surface area contributed by atoms with E-state index in [0.717, 1.165) is 29.9 Å². The summed E-state index contributed by atoms with van der Waals surface area (Å²) >= 11 is 0. The van der Waals surface area contributed by atoms with E-state index in [2.05, 4.69) is 39.6 Å². The van der Waals surface area contributed by atoms with Crippen molar-refractivity contribution >= 4 is 22.9 Å². The molecular formula is C25H32N4O2. The quantitative estimate of drug-likeness (QED) is 0.624. The van der Waals surface area contributed by atoms with Crippen molar-refractivity contribution in [2.24, 2.45) is 0 Å². The Bertz CT molecular complexity index is 948. The lowest BCUT2D eigenvalue weighted by Gasteiger charge is -2.29. The lowest BCUT2D eigenvalue weighted by Crippen LogP contribution is -2.36. The number of hydrogen-bond donors (Lipinski definition) is 3. The average Bonchev–Trinajstić information content (AvgIpc) is 2.78. The van der Waals surface area contributed by atoms with Crippen LogP contribution in [0, 0.1) is 6.92 Å². The van der Waals surface area contributed by atoms with Gasteiger partial charge in [-0.25, -0.2) is 0 Å². The van der Waals surface area contributed by atoms with Crippen LogP contribution in [-0.4, -0.2) is 49.1 Å². The maximum absolute atomic E-state index is 12.5. The Morgan fingerprint density at radius 3 is 2.65 bits per heavy atom. The van der Waals surface area contributed by atoms with Crippen LogP contribution in [-0.2, 0) is 4.79 Å². The van der Waals surface area contributed by atoms with Gasteiger partial charge < -0.3 is 25.5 Å². The van der Waals surface area contributed by atoms with Crippen LogP contribution in [0.3, 0.4) is 0 Å². The number of amides is 1. The molecule has 1 atom stereocenters. The molecular weight excluding hydrogens is 388 g/mol. The third kappa shape index (κ3) is 5.09. The Labute approximate surface area is 184 Å². The molecule has 0 bridgehead atoms. The summed E-state index contributed by atoms with van der Waals surface area (Å²) in [6.07, 6.45) is 4.75. The fourth-order valence-electron chi connectivity index (χ4n) is 4.26. The molecule has 2 aliphatic heterocycles. The second kappa shape index (κ2) is 9.54. The van der Waals surface area contributed by atoms with Gasteiger partial charge in [-0.15, -0.1) is 0 Å². The summed E-state index contributed by atoms with van der Waals surface area (Å²) in [5.74, 6) is -0.285. The fourth-order valence-corrected chi connectivity index (χ4v) is 4.26. The number of nitrogens with one attached hydrogen (secondary N) is 2. The van der Waals surface area contributed by atoms with Gasteiger partial charge in [0.2, 0.25) is 0 Å². The first kappa shape index (κ1) is 21.4. The van der Waals surface area contributed by atoms with Gasteiger partial charge in [-0.2, -0.15) is 0 Å². The highest BCUT2D eigenvalue weighted by Crippen LogP contribution is 2.30. The van der Waals surface area contributed by atoms with Gasteiger partial charge in [0.15, 0.2) is 6.23 Å². The molecule has 2 aliphatic rings. The normalized spacial score (nSPS) is 20.3. The molecule has 0 radical (unpaired) electrons. The van der Waals surface area contributed by atoms with Gasteiger partial charge in [0, 0.05) is 43.3 Å². The number of anilines is 2. The van der Waals surface area contributed by atoms with E-state index < -0.39 is 6.23 Å². The average molecular weight is 421 g/mol. The summed E-state index contributed by atoms with van der Waals surface area (Å²) in [6.45, 7) is 6.53. The van der Waals surface area contributed by atoms with Crippen LogP contribution in [0.4, 0.5) is 11.4 Å². The van der Waals surface area contributed by atoms with Gasteiger partial charge in [-0.05, 0) is 62.7 Å². The van der Waals surface area contributed by atoms with Crippen LogP contribution < -0.4 is 15.5 Å². The molecule has 0 spiro atoms. The van der Waals surface area contributed by atoms with E-state index in [9.17, 15) is 9.90 Å². The number of benzene rings is 2. The van der Waals surface area contributed by atoms with E-state index >= 15 is 0 Å². The minimum Gasteiger partial charge on any atom is -0.373 e. The molecule has 0 saturated carbocycles. The van der Waals surface area contributed by atoms with Gasteiger partial charge >= 0.3 is 0 Å². The number of aliphatic hydroxyl groups excluding tert-OH is 1. The van der Waals surface area contributed by atoms with Crippen molar-refractivity contribution < 1.29 is 9.90 Å². The van der Waals surface area contributed by atoms with Crippen molar-refractivity contribution in [2.45, 2.75) is 32.4 Å². The van der Waals surface area contributed by atoms with Crippen LogP contribution >= 0.6 is 0 Å². The highest BCUT2D eigenvalue weighted by molar-refractivity contribution is 6.21. The third-order valence-corrected chi connectivity index (χ3v) is 6.20. The standard InChI is InChI=1S/C25H32N4O2/c1-18-6-11-21-22(16-18)23(25(31)27-24(21)30)17-26-19-7-9-20(10-8-19)28(2)14-15-29-12-4-3-5-13-29/h6-11,16-17,24,26,30H,3-5,12-15H2,1-2H3,(H,27,31)/b23-17-. The third-order valence-electron chi connectivity index (χ3n) is 6.20. The number of carbonyl (C=O) groups is 1. The van der Waals surface area contributed by atoms with Gasteiger partial charge in [0.05, 0.1) is 5.57 Å². The van der Waals surface area contributed by atoms with Crippen molar-refractivity contribution in [2.75, 3.05) is 43.4 Å². The van der Waals surface area contributed by atoms with Gasteiger partial charge in [0.25, 0.3) is 5.91 Å². The molecule has 1 saturated heterocycles. The van der Waals surface area contributed by atoms with E-state index in [4.69, 9.17) is 0 Å². The number of aliphatic hydroxyl groups is 1. The number of piperidine rings is 1. The smallest absolute Gasteiger partial charge is 0.255 e. The zero-order valence-corrected chi connectivity index (χ0v) is 18.4. The maximum atomic E-state index is 12.5. The van der Waals surface area contributed by atoms with Gasteiger partial charge in [-0.3, -0.25) is 4.79 Å². The van der Waals surface area contributed by atoms with Gasteiger partial charge in [-0.1, -0.05) is 30.2 Å². The van der Waals surface area contributed by atoms with E-state index in [1.165, 1.54) is 38.0 Å². The molecule has 0 aromatic heterocycles. The van der Waals surface area contributed by atoms with E-state index in [-0.39, 0.29) is 5.91 Å². The van der Waals surface area contributed by atoms with Gasteiger partial charge in [0.1, 0.15) is 0 Å². The molecule has 6 nitrogen and oxygen atoms in total. The number of nitrogens with zero attached hydrogens (tertiary/aromatic N) is 2. The summed E-state index contributed by atoms with van der Waals surface area (Å²) < 4.78 is 0. The Morgan fingerprint density at radius 2 is 1.90 bits per heavy atom. The lowest BCUT2D eigenvalue weighted by atomic mass is 9.93. The van der Waals surface area contributed by atoms with E-state index in [1.807, 2.05) is 37.3 Å². The summed E-state index contributed by atoms with van der Waals surface area (Å²) in [4.78, 5) is 17.3. The Hall–Kier alpha value is -2.83. The first-order valence-electron chi connectivity index (χ1n) is 11.1. The highest BCUT2D eigenvalue weighted by Gasteiger charge is 2.27. The van der Waals surface area contributed by atoms with Crippen molar-refractivity contribution in [3.8, 4) is 0 Å². The molecule has 6 heteroatoms. The summed E-state index contributed by atoms with van der Waals surface area (Å²) in [6, 6.07) is 14.0. The van der Waals surface area contributed by atoms with E-state index in [0.29, 0.717) is 11.1 Å². The van der Waals surface area contributed by atoms with Crippen molar-refractivity contribution in [3.05, 3.63) is 65.4 Å². The first-order valence-corrected chi connectivity index (χ1v) is 11.1. The van der Waals surface area contributed by atoms with Crippen LogP contribution in [0.2, 0.25) is 0 Å². The zero-order valence-electron chi connectivity index (χ0n) is 18.4. The van der Waals surface area contributed by atoms with Crippen molar-refractivity contribution in [3.63, 3.8) is 0 Å². The minimum atomic E-state index is -0.972. The number of likely N-dealkylation sites (N-methyl/N-ethyl adjacent to an activating group) is 1. The molecule has 0 aliphatic carbocycles.